The molecule has 1 aliphatic heterocycles. The average Bonchev–Trinajstić information content (AvgIpc) is 2.62. The Hall–Kier alpha value is -1.49. The molecule has 2 atom stereocenters. The number of hydrogen-bond acceptors (Lipinski definition) is 2. The molecule has 3 nitrogen and oxygen atoms in total. The highest BCUT2D eigenvalue weighted by Crippen LogP contribution is 2.20. The van der Waals surface area contributed by atoms with Crippen LogP contribution in [0.25, 0.3) is 0 Å². The monoisotopic (exact) mass is 240 g/mol. The van der Waals surface area contributed by atoms with Crippen LogP contribution in [0.3, 0.4) is 0 Å². The molecule has 5 heteroatoms. The average molecular weight is 240 g/mol. The predicted molar refractivity (Wildman–Crippen MR) is 59.4 cm³/mol. The summed E-state index contributed by atoms with van der Waals surface area (Å²) in [6.07, 6.45) is 0.684. The standard InChI is InChI=1S/C12H14F2N2O/c1-7-11(15)4-5-16(7)12(17)9-6-8(13)2-3-10(9)14/h2-3,6-7,11H,4-5,15H2,1H3. The highest BCUT2D eigenvalue weighted by molar-refractivity contribution is 5.95. The first-order chi connectivity index (χ1) is 8.00. The number of hydrogen-bond donors (Lipinski definition) is 1. The summed E-state index contributed by atoms with van der Waals surface area (Å²) in [6.45, 7) is 2.30. The Balaban J connectivity index is 2.28. The number of nitrogens with two attached hydrogens (primary N) is 1. The number of carbonyl (C=O) groups excluding carboxylic acids is 1. The molecule has 0 spiro atoms. The summed E-state index contributed by atoms with van der Waals surface area (Å²) >= 11 is 0. The maximum atomic E-state index is 13.5. The first kappa shape index (κ1) is 12.0. The maximum Gasteiger partial charge on any atom is 0.257 e. The smallest absolute Gasteiger partial charge is 0.257 e. The number of carbonyl (C=O) groups is 1. The molecule has 1 amide bonds. The van der Waals surface area contributed by atoms with Crippen molar-refractivity contribution in [2.24, 2.45) is 5.73 Å². The van der Waals surface area contributed by atoms with Gasteiger partial charge in [-0.1, -0.05) is 0 Å². The fourth-order valence-corrected chi connectivity index (χ4v) is 2.07. The lowest BCUT2D eigenvalue weighted by atomic mass is 10.1. The van der Waals surface area contributed by atoms with Gasteiger partial charge >= 0.3 is 0 Å². The zero-order chi connectivity index (χ0) is 12.6. The van der Waals surface area contributed by atoms with Gasteiger partial charge in [0.05, 0.1) is 5.56 Å². The minimum absolute atomic E-state index is 0.101. The molecule has 0 saturated carbocycles. The zero-order valence-electron chi connectivity index (χ0n) is 9.49. The van der Waals surface area contributed by atoms with Gasteiger partial charge in [0.1, 0.15) is 11.6 Å². The van der Waals surface area contributed by atoms with E-state index in [9.17, 15) is 13.6 Å². The van der Waals surface area contributed by atoms with E-state index in [0.29, 0.717) is 13.0 Å². The van der Waals surface area contributed by atoms with Gasteiger partial charge in [-0.05, 0) is 31.5 Å². The Morgan fingerprint density at radius 2 is 2.18 bits per heavy atom. The molecule has 92 valence electrons. The van der Waals surface area contributed by atoms with Gasteiger partial charge < -0.3 is 10.6 Å². The van der Waals surface area contributed by atoms with E-state index in [1.807, 2.05) is 6.92 Å². The van der Waals surface area contributed by atoms with Gasteiger partial charge in [0.25, 0.3) is 5.91 Å². The highest BCUT2D eigenvalue weighted by atomic mass is 19.1. The second-order valence-corrected chi connectivity index (χ2v) is 4.32. The number of likely N-dealkylation sites (tertiary alicyclic amines) is 1. The van der Waals surface area contributed by atoms with Gasteiger partial charge in [-0.15, -0.1) is 0 Å². The molecule has 0 radical (unpaired) electrons. The molecule has 1 heterocycles. The fraction of sp³-hybridized carbons (Fsp3) is 0.417. The van der Waals surface area contributed by atoms with Crippen molar-refractivity contribution in [3.63, 3.8) is 0 Å². The maximum absolute atomic E-state index is 13.5. The van der Waals surface area contributed by atoms with Crippen molar-refractivity contribution in [1.82, 2.24) is 4.90 Å². The molecule has 1 fully saturated rings. The van der Waals surface area contributed by atoms with Gasteiger partial charge in [0.15, 0.2) is 0 Å². The number of rotatable bonds is 1. The molecular formula is C12H14F2N2O. The Morgan fingerprint density at radius 3 is 2.76 bits per heavy atom. The third-order valence-electron chi connectivity index (χ3n) is 3.23. The molecule has 0 bridgehead atoms. The second-order valence-electron chi connectivity index (χ2n) is 4.32. The molecule has 0 aliphatic carbocycles. The van der Waals surface area contributed by atoms with Crippen molar-refractivity contribution in [2.45, 2.75) is 25.4 Å². The predicted octanol–water partition coefficient (Wildman–Crippen LogP) is 1.53. The molecule has 2 unspecified atom stereocenters. The molecule has 17 heavy (non-hydrogen) atoms. The Morgan fingerprint density at radius 1 is 1.47 bits per heavy atom. The van der Waals surface area contributed by atoms with Crippen LogP contribution >= 0.6 is 0 Å². The van der Waals surface area contributed by atoms with Crippen LogP contribution in [-0.4, -0.2) is 29.4 Å². The quantitative estimate of drug-likeness (QED) is 0.809. The Kier molecular flexibility index (Phi) is 3.11. The molecule has 1 aromatic carbocycles. The minimum atomic E-state index is -0.705. The normalized spacial score (nSPS) is 24.1. The van der Waals surface area contributed by atoms with Crippen LogP contribution in [0.2, 0.25) is 0 Å². The van der Waals surface area contributed by atoms with E-state index in [-0.39, 0.29) is 17.6 Å². The van der Waals surface area contributed by atoms with Crippen molar-refractivity contribution in [3.8, 4) is 0 Å². The van der Waals surface area contributed by atoms with E-state index in [1.165, 1.54) is 4.90 Å². The van der Waals surface area contributed by atoms with Gasteiger partial charge in [-0.3, -0.25) is 4.79 Å². The van der Waals surface area contributed by atoms with Crippen molar-refractivity contribution in [3.05, 3.63) is 35.4 Å². The number of amides is 1. The summed E-state index contributed by atoms with van der Waals surface area (Å²) < 4.78 is 26.5. The van der Waals surface area contributed by atoms with Crippen LogP contribution in [0.1, 0.15) is 23.7 Å². The van der Waals surface area contributed by atoms with Gasteiger partial charge in [0, 0.05) is 18.6 Å². The summed E-state index contributed by atoms with van der Waals surface area (Å²) in [5.74, 6) is -1.82. The van der Waals surface area contributed by atoms with E-state index < -0.39 is 17.5 Å². The van der Waals surface area contributed by atoms with E-state index in [1.54, 1.807) is 0 Å². The molecule has 2 rings (SSSR count). The molecular weight excluding hydrogens is 226 g/mol. The SMILES string of the molecule is CC1C(N)CCN1C(=O)c1cc(F)ccc1F. The number of nitrogens with zero attached hydrogens (tertiary/aromatic N) is 1. The molecule has 1 saturated heterocycles. The van der Waals surface area contributed by atoms with Gasteiger partial charge in [-0.25, -0.2) is 8.78 Å². The third-order valence-corrected chi connectivity index (χ3v) is 3.23. The van der Waals surface area contributed by atoms with Crippen LogP contribution in [-0.2, 0) is 0 Å². The van der Waals surface area contributed by atoms with Crippen molar-refractivity contribution in [2.75, 3.05) is 6.54 Å². The first-order valence-corrected chi connectivity index (χ1v) is 5.52. The molecule has 2 N–H and O–H groups in total. The lowest BCUT2D eigenvalue weighted by Crippen LogP contribution is -2.40. The lowest BCUT2D eigenvalue weighted by Gasteiger charge is -2.23. The van der Waals surface area contributed by atoms with E-state index in [2.05, 4.69) is 0 Å². The highest BCUT2D eigenvalue weighted by Gasteiger charge is 2.33. The third kappa shape index (κ3) is 2.15. The van der Waals surface area contributed by atoms with E-state index >= 15 is 0 Å². The van der Waals surface area contributed by atoms with Gasteiger partial charge in [0.2, 0.25) is 0 Å². The summed E-state index contributed by atoms with van der Waals surface area (Å²) in [6, 6.07) is 2.63. The van der Waals surface area contributed by atoms with Gasteiger partial charge in [-0.2, -0.15) is 0 Å². The fourth-order valence-electron chi connectivity index (χ4n) is 2.07. The summed E-state index contributed by atoms with van der Waals surface area (Å²) in [7, 11) is 0. The van der Waals surface area contributed by atoms with Crippen LogP contribution in [0, 0.1) is 11.6 Å². The zero-order valence-corrected chi connectivity index (χ0v) is 9.49. The summed E-state index contributed by atoms with van der Waals surface area (Å²) in [5, 5.41) is 0. The minimum Gasteiger partial charge on any atom is -0.334 e. The largest absolute Gasteiger partial charge is 0.334 e. The van der Waals surface area contributed by atoms with Crippen LogP contribution in [0.5, 0.6) is 0 Å². The summed E-state index contributed by atoms with van der Waals surface area (Å²) in [4.78, 5) is 13.5. The number of benzene rings is 1. The van der Waals surface area contributed by atoms with Crippen LogP contribution < -0.4 is 5.73 Å². The van der Waals surface area contributed by atoms with Crippen LogP contribution in [0.15, 0.2) is 18.2 Å². The lowest BCUT2D eigenvalue weighted by molar-refractivity contribution is 0.0737. The Labute approximate surface area is 98.2 Å². The van der Waals surface area contributed by atoms with Crippen molar-refractivity contribution >= 4 is 5.91 Å². The Bertz CT molecular complexity index is 450. The first-order valence-electron chi connectivity index (χ1n) is 5.52. The second kappa shape index (κ2) is 4.41. The van der Waals surface area contributed by atoms with Crippen molar-refractivity contribution < 1.29 is 13.6 Å². The van der Waals surface area contributed by atoms with E-state index in [4.69, 9.17) is 5.73 Å². The van der Waals surface area contributed by atoms with Crippen molar-refractivity contribution in [1.29, 1.82) is 0 Å². The van der Waals surface area contributed by atoms with Crippen LogP contribution in [0.4, 0.5) is 8.78 Å². The molecule has 0 aromatic heterocycles. The summed E-state index contributed by atoms with van der Waals surface area (Å²) in [5.41, 5.74) is 5.56. The van der Waals surface area contributed by atoms with E-state index in [0.717, 1.165) is 18.2 Å². The molecule has 1 aromatic rings. The molecule has 1 aliphatic rings. The topological polar surface area (TPSA) is 46.3 Å². The number of halogens is 2.